The molecule has 3 aromatic rings. The van der Waals surface area contributed by atoms with Gasteiger partial charge in [-0.25, -0.2) is 4.79 Å². The van der Waals surface area contributed by atoms with Crippen molar-refractivity contribution in [3.8, 4) is 5.75 Å². The van der Waals surface area contributed by atoms with E-state index in [4.69, 9.17) is 19.0 Å². The fraction of sp³-hybridized carbons (Fsp3) is 0.457. The molecule has 2 heterocycles. The smallest absolute Gasteiger partial charge is 0.374 e. The number of aliphatic hydroxyl groups excluding tert-OH is 1. The van der Waals surface area contributed by atoms with Crippen molar-refractivity contribution in [1.29, 1.82) is 0 Å². The Kier molecular flexibility index (Phi) is 11.0. The third-order valence-corrected chi connectivity index (χ3v) is 8.53. The second kappa shape index (κ2) is 14.7. The molecule has 1 aliphatic heterocycles. The van der Waals surface area contributed by atoms with Crippen molar-refractivity contribution in [2.24, 2.45) is 11.8 Å². The van der Waals surface area contributed by atoms with Gasteiger partial charge in [-0.05, 0) is 92.3 Å². The fourth-order valence-corrected chi connectivity index (χ4v) is 5.54. The number of benzene rings is 2. The first kappa shape index (κ1) is 33.0. The average Bonchev–Trinajstić information content (AvgIpc) is 3.46. The summed E-state index contributed by atoms with van der Waals surface area (Å²) in [5.74, 6) is 0.543. The lowest BCUT2D eigenvalue weighted by atomic mass is 9.85. The predicted molar refractivity (Wildman–Crippen MR) is 170 cm³/mol. The normalized spacial score (nSPS) is 20.3. The topological polar surface area (TPSA) is 105 Å². The maximum absolute atomic E-state index is 14.2. The summed E-state index contributed by atoms with van der Waals surface area (Å²) in [6, 6.07) is 14.7. The molecule has 1 aromatic heterocycles. The largest absolute Gasteiger partial charge is 0.497 e. The Balaban J connectivity index is 1.68. The molecule has 0 aliphatic carbocycles. The van der Waals surface area contributed by atoms with Gasteiger partial charge in [0.15, 0.2) is 0 Å². The zero-order chi connectivity index (χ0) is 31.9. The summed E-state index contributed by atoms with van der Waals surface area (Å²) < 4.78 is 18.5. The molecule has 1 N–H and O–H groups in total. The molecule has 0 bridgehead atoms. The summed E-state index contributed by atoms with van der Waals surface area (Å²) in [5.41, 5.74) is 2.39. The molecule has 236 valence electrons. The van der Waals surface area contributed by atoms with Crippen LogP contribution in [0.5, 0.6) is 5.75 Å². The summed E-state index contributed by atoms with van der Waals surface area (Å²) in [6.45, 7) is 12.1. The highest BCUT2D eigenvalue weighted by molar-refractivity contribution is 5.84. The average molecular weight is 604 g/mol. The van der Waals surface area contributed by atoms with Gasteiger partial charge in [-0.3, -0.25) is 0 Å². The third-order valence-electron chi connectivity index (χ3n) is 8.53. The van der Waals surface area contributed by atoms with E-state index in [9.17, 15) is 9.90 Å². The maximum atomic E-state index is 14.2. The summed E-state index contributed by atoms with van der Waals surface area (Å²) in [4.78, 5) is 21.2. The van der Waals surface area contributed by atoms with Gasteiger partial charge in [-0.2, -0.15) is 0 Å². The number of aromatic nitrogens is 3. The van der Waals surface area contributed by atoms with E-state index in [1.165, 1.54) is 0 Å². The zero-order valence-corrected chi connectivity index (χ0v) is 26.8. The highest BCUT2D eigenvalue weighted by atomic mass is 16.7. The first-order valence-corrected chi connectivity index (χ1v) is 15.3. The van der Waals surface area contributed by atoms with Crippen LogP contribution in [0.1, 0.15) is 66.4 Å². The standard InChI is InChI=1S/C35H45N3O6/c1-8-23(4)32(39)27(9-2)21-25(6)33-24(5)15-20-31(43-33)35(10-3,42-22-26-16-18-28(41-7)19-17-26)34(40)44-38-30-14-12-11-13-29(30)36-37-38/h8,11-14,16-21,24,27,32-33,39H,9-10,15,22H2,1-7H3/b23-8+,25-21+/t24-,27-,32-,33-,35-/m0/s1. The molecular weight excluding hydrogens is 558 g/mol. The number of carbonyl (C=O) groups excluding carboxylic acids is 1. The molecule has 4 rings (SSSR count). The summed E-state index contributed by atoms with van der Waals surface area (Å²) in [7, 11) is 1.61. The van der Waals surface area contributed by atoms with Crippen LogP contribution in [0.3, 0.4) is 0 Å². The van der Waals surface area contributed by atoms with E-state index in [1.54, 1.807) is 19.2 Å². The van der Waals surface area contributed by atoms with Gasteiger partial charge in [-0.15, -0.1) is 5.10 Å². The molecule has 44 heavy (non-hydrogen) atoms. The maximum Gasteiger partial charge on any atom is 0.374 e. The number of allylic oxidation sites excluding steroid dienone is 2. The van der Waals surface area contributed by atoms with E-state index in [0.29, 0.717) is 23.2 Å². The second-order valence-electron chi connectivity index (χ2n) is 11.4. The number of carbonyl (C=O) groups is 1. The van der Waals surface area contributed by atoms with Crippen LogP contribution in [0.15, 0.2) is 83.7 Å². The molecule has 5 atom stereocenters. The molecule has 9 heteroatoms. The van der Waals surface area contributed by atoms with Crippen LogP contribution in [0.25, 0.3) is 11.0 Å². The lowest BCUT2D eigenvalue weighted by Gasteiger charge is -2.39. The van der Waals surface area contributed by atoms with E-state index < -0.39 is 17.7 Å². The monoisotopic (exact) mass is 603 g/mol. The highest BCUT2D eigenvalue weighted by Crippen LogP contribution is 2.38. The van der Waals surface area contributed by atoms with Crippen LogP contribution in [0.4, 0.5) is 0 Å². The van der Waals surface area contributed by atoms with Crippen molar-refractivity contribution in [3.05, 3.63) is 89.2 Å². The second-order valence-corrected chi connectivity index (χ2v) is 11.4. The van der Waals surface area contributed by atoms with Crippen LogP contribution in [-0.2, 0) is 20.9 Å². The molecule has 0 radical (unpaired) electrons. The Morgan fingerprint density at radius 2 is 1.91 bits per heavy atom. The van der Waals surface area contributed by atoms with E-state index >= 15 is 0 Å². The first-order chi connectivity index (χ1) is 21.2. The highest BCUT2D eigenvalue weighted by Gasteiger charge is 2.49. The van der Waals surface area contributed by atoms with Gasteiger partial charge in [0.25, 0.3) is 0 Å². The van der Waals surface area contributed by atoms with Gasteiger partial charge in [0.05, 0.1) is 19.8 Å². The lowest BCUT2D eigenvalue weighted by molar-refractivity contribution is -0.179. The van der Waals surface area contributed by atoms with E-state index in [2.05, 4.69) is 30.2 Å². The minimum Gasteiger partial charge on any atom is -0.497 e. The number of nitrogens with zero attached hydrogens (tertiary/aromatic N) is 3. The Morgan fingerprint density at radius 3 is 2.57 bits per heavy atom. The number of ether oxygens (including phenoxy) is 3. The molecule has 0 spiro atoms. The van der Waals surface area contributed by atoms with Crippen LogP contribution in [-0.4, -0.2) is 51.2 Å². The van der Waals surface area contributed by atoms with Gasteiger partial charge in [0, 0.05) is 11.8 Å². The van der Waals surface area contributed by atoms with Crippen molar-refractivity contribution >= 4 is 17.0 Å². The van der Waals surface area contributed by atoms with Crippen LogP contribution in [0, 0.1) is 11.8 Å². The molecule has 9 nitrogen and oxygen atoms in total. The SMILES string of the molecule is C/C=C(\C)[C@H](O)[C@H](/C=C(\C)[C@H]1OC([C@](CC)(OCc2ccc(OC)cc2)C(=O)On2nnc3ccccc32)=CC[C@@H]1C)CC. The van der Waals surface area contributed by atoms with Crippen molar-refractivity contribution in [2.45, 2.75) is 85.2 Å². The van der Waals surface area contributed by atoms with Gasteiger partial charge in [0.1, 0.15) is 28.6 Å². The van der Waals surface area contributed by atoms with Crippen molar-refractivity contribution in [2.75, 3.05) is 7.11 Å². The fourth-order valence-electron chi connectivity index (χ4n) is 5.54. The molecule has 0 fully saturated rings. The quantitative estimate of drug-likeness (QED) is 0.178. The molecule has 2 aromatic carbocycles. The van der Waals surface area contributed by atoms with E-state index in [1.807, 2.05) is 76.2 Å². The number of aliphatic hydroxyl groups is 1. The molecular formula is C35H45N3O6. The predicted octanol–water partition coefficient (Wildman–Crippen LogP) is 6.37. The van der Waals surface area contributed by atoms with Crippen LogP contribution < -0.4 is 9.57 Å². The van der Waals surface area contributed by atoms with Gasteiger partial charge < -0.3 is 24.2 Å². The van der Waals surface area contributed by atoms with E-state index in [-0.39, 0.29) is 31.0 Å². The number of rotatable bonds is 13. The Labute approximate surface area is 260 Å². The van der Waals surface area contributed by atoms with Gasteiger partial charge >= 0.3 is 5.97 Å². The number of methoxy groups -OCH3 is 1. The summed E-state index contributed by atoms with van der Waals surface area (Å²) in [5, 5.41) is 19.1. The first-order valence-electron chi connectivity index (χ1n) is 15.3. The molecule has 0 saturated carbocycles. The molecule has 0 amide bonds. The molecule has 0 saturated heterocycles. The minimum absolute atomic E-state index is 0.0656. The third kappa shape index (κ3) is 7.05. The number of fused-ring (bicyclic) bond motifs is 1. The lowest BCUT2D eigenvalue weighted by Crippen LogP contribution is -2.50. The van der Waals surface area contributed by atoms with Crippen molar-refractivity contribution < 1.29 is 28.9 Å². The van der Waals surface area contributed by atoms with Gasteiger partial charge in [-0.1, -0.05) is 62.0 Å². The minimum atomic E-state index is -1.56. The summed E-state index contributed by atoms with van der Waals surface area (Å²) >= 11 is 0. The molecule has 0 unspecified atom stereocenters. The van der Waals surface area contributed by atoms with Gasteiger partial charge in [0.2, 0.25) is 5.60 Å². The number of para-hydroxylation sites is 1. The Morgan fingerprint density at radius 1 is 1.18 bits per heavy atom. The van der Waals surface area contributed by atoms with Crippen molar-refractivity contribution in [1.82, 2.24) is 15.2 Å². The zero-order valence-electron chi connectivity index (χ0n) is 26.8. The van der Waals surface area contributed by atoms with Crippen LogP contribution in [0.2, 0.25) is 0 Å². The Bertz CT molecular complexity index is 1510. The Hall–Kier alpha value is -3.95. The van der Waals surface area contributed by atoms with Crippen molar-refractivity contribution in [3.63, 3.8) is 0 Å². The number of hydrogen-bond donors (Lipinski definition) is 1. The van der Waals surface area contributed by atoms with Crippen LogP contribution >= 0.6 is 0 Å². The summed E-state index contributed by atoms with van der Waals surface area (Å²) in [6.07, 6.45) is 6.77. The number of hydrogen-bond acceptors (Lipinski definition) is 8. The van der Waals surface area contributed by atoms with E-state index in [0.717, 1.165) is 33.7 Å². The molecule has 1 aliphatic rings.